The highest BCUT2D eigenvalue weighted by Crippen LogP contribution is 2.51. The summed E-state index contributed by atoms with van der Waals surface area (Å²) < 4.78 is 28.1. The van der Waals surface area contributed by atoms with Gasteiger partial charge in [-0.3, -0.25) is 0 Å². The van der Waals surface area contributed by atoms with E-state index in [0.717, 1.165) is 11.3 Å². The lowest BCUT2D eigenvalue weighted by atomic mass is 10.1. The summed E-state index contributed by atoms with van der Waals surface area (Å²) in [7, 11) is -1.51. The fourth-order valence-corrected chi connectivity index (χ4v) is 4.10. The number of sulfone groups is 1. The van der Waals surface area contributed by atoms with Gasteiger partial charge in [-0.1, -0.05) is 12.1 Å². The van der Waals surface area contributed by atoms with Crippen molar-refractivity contribution in [2.45, 2.75) is 11.2 Å². The standard InChI is InChI=1S/C12H16O4S/c1-16-9-5-3-8(4-6-9)11-10(7-13)12(11)17(2,14)15/h3-6,10-13H,7H2,1-2H3. The summed E-state index contributed by atoms with van der Waals surface area (Å²) in [6, 6.07) is 7.33. The molecule has 1 aliphatic rings. The van der Waals surface area contributed by atoms with Crippen LogP contribution in [0.1, 0.15) is 11.5 Å². The van der Waals surface area contributed by atoms with Crippen molar-refractivity contribution in [2.24, 2.45) is 5.92 Å². The van der Waals surface area contributed by atoms with Gasteiger partial charge in [0.25, 0.3) is 0 Å². The Balaban J connectivity index is 2.23. The van der Waals surface area contributed by atoms with Crippen LogP contribution < -0.4 is 4.74 Å². The van der Waals surface area contributed by atoms with Crippen LogP contribution >= 0.6 is 0 Å². The maximum atomic E-state index is 11.5. The van der Waals surface area contributed by atoms with Crippen LogP contribution in [-0.2, 0) is 9.84 Å². The van der Waals surface area contributed by atoms with Crippen molar-refractivity contribution >= 4 is 9.84 Å². The number of ether oxygens (including phenoxy) is 1. The molecule has 3 atom stereocenters. The molecular formula is C12H16O4S. The lowest BCUT2D eigenvalue weighted by Gasteiger charge is -2.02. The summed E-state index contributed by atoms with van der Waals surface area (Å²) in [5.74, 6) is 0.491. The Hall–Kier alpha value is -1.07. The minimum absolute atomic E-state index is 0.0825. The third kappa shape index (κ3) is 2.30. The molecule has 0 radical (unpaired) electrons. The van der Waals surface area contributed by atoms with Crippen molar-refractivity contribution in [1.29, 1.82) is 0 Å². The highest BCUT2D eigenvalue weighted by Gasteiger charge is 2.56. The number of benzene rings is 1. The molecule has 1 aromatic rings. The van der Waals surface area contributed by atoms with Gasteiger partial charge in [0.05, 0.1) is 12.4 Å². The minimum atomic E-state index is -3.10. The third-order valence-electron chi connectivity index (χ3n) is 3.30. The SMILES string of the molecule is COc1ccc(C2C(CO)C2S(C)(=O)=O)cc1. The maximum Gasteiger partial charge on any atom is 0.151 e. The first kappa shape index (κ1) is 12.4. The highest BCUT2D eigenvalue weighted by atomic mass is 32.2. The summed E-state index contributed by atoms with van der Waals surface area (Å²) in [6.07, 6.45) is 1.23. The maximum absolute atomic E-state index is 11.5. The molecule has 0 amide bonds. The van der Waals surface area contributed by atoms with Crippen molar-refractivity contribution < 1.29 is 18.3 Å². The number of aliphatic hydroxyl groups excluding tert-OH is 1. The van der Waals surface area contributed by atoms with E-state index < -0.39 is 15.1 Å². The molecule has 5 heteroatoms. The Labute approximate surface area is 101 Å². The molecule has 0 aliphatic heterocycles. The van der Waals surface area contributed by atoms with E-state index in [-0.39, 0.29) is 18.4 Å². The molecule has 3 unspecified atom stereocenters. The summed E-state index contributed by atoms with van der Waals surface area (Å²) >= 11 is 0. The lowest BCUT2D eigenvalue weighted by Crippen LogP contribution is -2.08. The van der Waals surface area contributed by atoms with Crippen LogP contribution in [0.25, 0.3) is 0 Å². The topological polar surface area (TPSA) is 63.6 Å². The number of rotatable bonds is 4. The molecule has 17 heavy (non-hydrogen) atoms. The average Bonchev–Trinajstić information content (AvgIpc) is 3.03. The van der Waals surface area contributed by atoms with Crippen LogP contribution in [0, 0.1) is 5.92 Å². The Morgan fingerprint density at radius 2 is 1.88 bits per heavy atom. The molecule has 0 saturated heterocycles. The summed E-state index contributed by atoms with van der Waals surface area (Å²) in [4.78, 5) is 0. The van der Waals surface area contributed by atoms with Gasteiger partial charge in [-0.05, 0) is 17.7 Å². The Kier molecular flexibility index (Phi) is 3.14. The molecule has 0 spiro atoms. The predicted octanol–water partition coefficient (Wildman–Crippen LogP) is 0.814. The Morgan fingerprint density at radius 1 is 1.29 bits per heavy atom. The largest absolute Gasteiger partial charge is 0.497 e. The first-order valence-electron chi connectivity index (χ1n) is 5.42. The van der Waals surface area contributed by atoms with Crippen LogP contribution in [-0.4, -0.2) is 38.7 Å². The quantitative estimate of drug-likeness (QED) is 0.866. The van der Waals surface area contributed by atoms with Gasteiger partial charge in [0.15, 0.2) is 9.84 Å². The van der Waals surface area contributed by atoms with Gasteiger partial charge in [-0.25, -0.2) is 8.42 Å². The second-order valence-corrected chi connectivity index (χ2v) is 6.64. The van der Waals surface area contributed by atoms with Crippen molar-refractivity contribution in [1.82, 2.24) is 0 Å². The number of hydrogen-bond acceptors (Lipinski definition) is 4. The molecule has 0 bridgehead atoms. The second kappa shape index (κ2) is 4.31. The second-order valence-electron chi connectivity index (χ2n) is 4.44. The van der Waals surface area contributed by atoms with Gasteiger partial charge in [0, 0.05) is 24.7 Å². The first-order valence-corrected chi connectivity index (χ1v) is 7.38. The summed E-state index contributed by atoms with van der Waals surface area (Å²) in [6.45, 7) is -0.0889. The fraction of sp³-hybridized carbons (Fsp3) is 0.500. The molecule has 4 nitrogen and oxygen atoms in total. The Bertz CT molecular complexity index is 492. The van der Waals surface area contributed by atoms with E-state index in [1.54, 1.807) is 19.2 Å². The van der Waals surface area contributed by atoms with Gasteiger partial charge in [0.2, 0.25) is 0 Å². The van der Waals surface area contributed by atoms with Crippen molar-refractivity contribution in [3.05, 3.63) is 29.8 Å². The van der Waals surface area contributed by atoms with Gasteiger partial charge in [0.1, 0.15) is 5.75 Å². The molecule has 2 rings (SSSR count). The first-order chi connectivity index (χ1) is 7.99. The molecule has 1 aromatic carbocycles. The van der Waals surface area contributed by atoms with Crippen molar-refractivity contribution in [3.63, 3.8) is 0 Å². The minimum Gasteiger partial charge on any atom is -0.497 e. The van der Waals surface area contributed by atoms with E-state index in [9.17, 15) is 13.5 Å². The monoisotopic (exact) mass is 256 g/mol. The smallest absolute Gasteiger partial charge is 0.151 e. The van der Waals surface area contributed by atoms with Crippen LogP contribution in [0.4, 0.5) is 0 Å². The molecule has 0 heterocycles. The molecular weight excluding hydrogens is 240 g/mol. The van der Waals surface area contributed by atoms with Gasteiger partial charge < -0.3 is 9.84 Å². The predicted molar refractivity (Wildman–Crippen MR) is 64.9 cm³/mol. The van der Waals surface area contributed by atoms with E-state index in [1.165, 1.54) is 6.26 Å². The van der Waals surface area contributed by atoms with Crippen LogP contribution in [0.15, 0.2) is 24.3 Å². The van der Waals surface area contributed by atoms with E-state index in [1.807, 2.05) is 12.1 Å². The van der Waals surface area contributed by atoms with E-state index in [0.29, 0.717) is 0 Å². The lowest BCUT2D eigenvalue weighted by molar-refractivity contribution is 0.274. The van der Waals surface area contributed by atoms with Crippen LogP contribution in [0.5, 0.6) is 5.75 Å². The molecule has 1 fully saturated rings. The number of aliphatic hydroxyl groups is 1. The number of methoxy groups -OCH3 is 1. The van der Waals surface area contributed by atoms with Crippen molar-refractivity contribution in [2.75, 3.05) is 20.0 Å². The van der Waals surface area contributed by atoms with Gasteiger partial charge in [-0.15, -0.1) is 0 Å². The van der Waals surface area contributed by atoms with E-state index in [2.05, 4.69) is 0 Å². The zero-order valence-electron chi connectivity index (χ0n) is 9.83. The average molecular weight is 256 g/mol. The summed E-state index contributed by atoms with van der Waals surface area (Å²) in [5, 5.41) is 8.74. The van der Waals surface area contributed by atoms with Crippen LogP contribution in [0.2, 0.25) is 0 Å². The normalized spacial score (nSPS) is 27.8. The fourth-order valence-electron chi connectivity index (χ4n) is 2.41. The van der Waals surface area contributed by atoms with E-state index in [4.69, 9.17) is 4.74 Å². The molecule has 1 aliphatic carbocycles. The number of hydrogen-bond donors (Lipinski definition) is 1. The van der Waals surface area contributed by atoms with Crippen molar-refractivity contribution in [3.8, 4) is 5.75 Å². The third-order valence-corrected chi connectivity index (χ3v) is 4.93. The Morgan fingerprint density at radius 3 is 2.24 bits per heavy atom. The molecule has 94 valence electrons. The zero-order valence-corrected chi connectivity index (χ0v) is 10.6. The van der Waals surface area contributed by atoms with Crippen LogP contribution in [0.3, 0.4) is 0 Å². The molecule has 0 aromatic heterocycles. The summed E-state index contributed by atoms with van der Waals surface area (Å²) in [5.41, 5.74) is 0.945. The molecule has 1 N–H and O–H groups in total. The van der Waals surface area contributed by atoms with E-state index >= 15 is 0 Å². The van der Waals surface area contributed by atoms with Gasteiger partial charge in [-0.2, -0.15) is 0 Å². The van der Waals surface area contributed by atoms with Gasteiger partial charge >= 0.3 is 0 Å². The highest BCUT2D eigenvalue weighted by molar-refractivity contribution is 7.91. The molecule has 1 saturated carbocycles. The zero-order chi connectivity index (χ0) is 12.6.